The van der Waals surface area contributed by atoms with Crippen LogP contribution in [0.4, 0.5) is 0 Å². The minimum atomic E-state index is -2.74. The molecular weight excluding hydrogens is 310 g/mol. The summed E-state index contributed by atoms with van der Waals surface area (Å²) in [6, 6.07) is 0. The van der Waals surface area contributed by atoms with Crippen molar-refractivity contribution in [2.24, 2.45) is 0 Å². The molecule has 0 fully saturated rings. The molecule has 19 heavy (non-hydrogen) atoms. The maximum atomic E-state index is 10.3. The summed E-state index contributed by atoms with van der Waals surface area (Å²) < 4.78 is 0. The monoisotopic (exact) mass is 329 g/mol. The van der Waals surface area contributed by atoms with Gasteiger partial charge in [0, 0.05) is 21.7 Å². The van der Waals surface area contributed by atoms with E-state index in [9.17, 15) is 14.4 Å². The molecule has 0 aromatic heterocycles. The Morgan fingerprint density at radius 2 is 1.00 bits per heavy atom. The van der Waals surface area contributed by atoms with Gasteiger partial charge >= 0.3 is 17.9 Å². The molecule has 0 unspecified atom stereocenters. The van der Waals surface area contributed by atoms with Gasteiger partial charge < -0.3 is 48.5 Å². The molecule has 13 heteroatoms. The summed E-state index contributed by atoms with van der Waals surface area (Å²) in [5, 5.41) is 33.8. The van der Waals surface area contributed by atoms with Crippen LogP contribution in [0, 0.1) is 0 Å². The van der Waals surface area contributed by atoms with E-state index in [0.717, 1.165) is 0 Å². The van der Waals surface area contributed by atoms with E-state index in [1.54, 1.807) is 0 Å². The largest absolute Gasteiger partial charge is 0.481 e. The van der Waals surface area contributed by atoms with Gasteiger partial charge in [-0.3, -0.25) is 9.59 Å². The molecule has 0 bridgehead atoms. The molecule has 0 saturated carbocycles. The van der Waals surface area contributed by atoms with E-state index >= 15 is 0 Å². The number of hydrogen-bond acceptors (Lipinski definition) is 5. The van der Waals surface area contributed by atoms with E-state index in [2.05, 4.69) is 0 Å². The van der Waals surface area contributed by atoms with Crippen molar-refractivity contribution in [1.29, 1.82) is 0 Å². The van der Waals surface area contributed by atoms with Gasteiger partial charge in [0.05, 0.1) is 12.8 Å². The molecule has 12 nitrogen and oxygen atoms in total. The minimum Gasteiger partial charge on any atom is -0.481 e. The van der Waals surface area contributed by atoms with Gasteiger partial charge in [-0.2, -0.15) is 0 Å². The fourth-order valence-electron chi connectivity index (χ4n) is 0.714. The summed E-state index contributed by atoms with van der Waals surface area (Å²) in [6.45, 7) is 0. The summed E-state index contributed by atoms with van der Waals surface area (Å²) in [4.78, 5) is 30.5. The molecule has 0 saturated heterocycles. The third-order valence-corrected chi connectivity index (χ3v) is 1.29. The SMILES string of the molecule is N.O.O.O.O.O=C(O)CC(O)(CC(=O)O)C(=O)O.[Ti]. The van der Waals surface area contributed by atoms with Gasteiger partial charge in [-0.05, 0) is 0 Å². The fourth-order valence-corrected chi connectivity index (χ4v) is 0.714. The molecule has 0 aromatic carbocycles. The number of aliphatic carboxylic acids is 3. The Hall–Kier alpha value is -1.12. The number of aliphatic hydroxyl groups is 1. The molecule has 0 atom stereocenters. The number of rotatable bonds is 5. The predicted molar refractivity (Wildman–Crippen MR) is 56.6 cm³/mol. The Morgan fingerprint density at radius 3 is 1.11 bits per heavy atom. The normalized spacial score (nSPS) is 7.42. The van der Waals surface area contributed by atoms with E-state index in [0.29, 0.717) is 0 Å². The molecule has 0 aliphatic heterocycles. The first kappa shape index (κ1) is 43.0. The number of carbonyl (C=O) groups is 3. The second kappa shape index (κ2) is 16.9. The second-order valence-electron chi connectivity index (χ2n) is 2.48. The minimum absolute atomic E-state index is 0. The maximum absolute atomic E-state index is 10.3. The Labute approximate surface area is 121 Å². The van der Waals surface area contributed by atoms with Crippen LogP contribution in [-0.2, 0) is 36.1 Å². The molecule has 118 valence electrons. The molecule has 0 spiro atoms. The topological polar surface area (TPSA) is 293 Å². The van der Waals surface area contributed by atoms with Gasteiger partial charge in [-0.1, -0.05) is 0 Å². The second-order valence-corrected chi connectivity index (χ2v) is 2.48. The van der Waals surface area contributed by atoms with Crippen molar-refractivity contribution in [3.05, 3.63) is 0 Å². The zero-order valence-corrected chi connectivity index (χ0v) is 11.2. The predicted octanol–water partition coefficient (Wildman–Crippen LogP) is -4.39. The van der Waals surface area contributed by atoms with E-state index in [1.165, 1.54) is 0 Å². The molecule has 0 aliphatic rings. The fraction of sp³-hybridized carbons (Fsp3) is 0.500. The molecule has 0 radical (unpaired) electrons. The quantitative estimate of drug-likeness (QED) is 0.306. The Morgan fingerprint density at radius 1 is 0.789 bits per heavy atom. The molecule has 0 amide bonds. The molecule has 0 rings (SSSR count). The van der Waals surface area contributed by atoms with Crippen LogP contribution < -0.4 is 6.15 Å². The summed E-state index contributed by atoms with van der Waals surface area (Å²) in [5.41, 5.74) is -2.74. The Kier molecular flexibility index (Phi) is 38.2. The Balaban J connectivity index is -0.0000000480. The van der Waals surface area contributed by atoms with Gasteiger partial charge in [0.25, 0.3) is 0 Å². The smallest absolute Gasteiger partial charge is 0.336 e. The molecule has 0 aromatic rings. The zero-order chi connectivity index (χ0) is 10.6. The first-order valence-electron chi connectivity index (χ1n) is 3.17. The van der Waals surface area contributed by atoms with E-state index in [1.807, 2.05) is 0 Å². The maximum Gasteiger partial charge on any atom is 0.336 e. The van der Waals surface area contributed by atoms with Crippen LogP contribution in [0.15, 0.2) is 0 Å². The van der Waals surface area contributed by atoms with E-state index in [-0.39, 0.29) is 49.8 Å². The van der Waals surface area contributed by atoms with Crippen molar-refractivity contribution in [3.8, 4) is 0 Å². The van der Waals surface area contributed by atoms with Crippen molar-refractivity contribution in [3.63, 3.8) is 0 Å². The van der Waals surface area contributed by atoms with Gasteiger partial charge in [-0.15, -0.1) is 0 Å². The number of hydrogen-bond donors (Lipinski definition) is 5. The average Bonchev–Trinajstić information content (AvgIpc) is 1.82. The number of carboxylic acid groups (broad SMARTS) is 3. The van der Waals surface area contributed by atoms with E-state index in [4.69, 9.17) is 20.4 Å². The van der Waals surface area contributed by atoms with E-state index < -0.39 is 36.4 Å². The summed E-state index contributed by atoms with van der Waals surface area (Å²) in [5.74, 6) is -5.02. The van der Waals surface area contributed by atoms with Gasteiger partial charge in [0.15, 0.2) is 5.60 Å². The van der Waals surface area contributed by atoms with Crippen molar-refractivity contribution < 1.29 is 78.4 Å². The number of carboxylic acids is 3. The van der Waals surface area contributed by atoms with Crippen LogP contribution in [0.2, 0.25) is 0 Å². The average molecular weight is 329 g/mol. The Bertz CT molecular complexity index is 242. The zero-order valence-electron chi connectivity index (χ0n) is 9.63. The van der Waals surface area contributed by atoms with Crippen LogP contribution in [0.5, 0.6) is 0 Å². The van der Waals surface area contributed by atoms with Crippen molar-refractivity contribution in [2.45, 2.75) is 18.4 Å². The molecular formula is C6H19NO11Ti. The summed E-state index contributed by atoms with van der Waals surface area (Å²) >= 11 is 0. The van der Waals surface area contributed by atoms with Crippen LogP contribution in [0.25, 0.3) is 0 Å². The first-order valence-corrected chi connectivity index (χ1v) is 3.17. The summed E-state index contributed by atoms with van der Waals surface area (Å²) in [6.07, 6.45) is -2.29. The summed E-state index contributed by atoms with van der Waals surface area (Å²) in [7, 11) is 0. The standard InChI is InChI=1S/C6H8O7.H3N.4H2O.Ti/c7-3(8)1-6(13,5(11)12)2-4(9)10;;;;;;/h13H,1-2H2,(H,7,8)(H,9,10)(H,11,12);1H3;4*1H2;. The van der Waals surface area contributed by atoms with Gasteiger partial charge in [-0.25, -0.2) is 4.79 Å². The van der Waals surface area contributed by atoms with Crippen molar-refractivity contribution in [2.75, 3.05) is 0 Å². The molecule has 15 N–H and O–H groups in total. The van der Waals surface area contributed by atoms with Crippen LogP contribution in [0.1, 0.15) is 12.8 Å². The van der Waals surface area contributed by atoms with Gasteiger partial charge in [0.1, 0.15) is 0 Å². The first-order chi connectivity index (χ1) is 5.78. The van der Waals surface area contributed by atoms with Crippen LogP contribution >= 0.6 is 0 Å². The van der Waals surface area contributed by atoms with Crippen molar-refractivity contribution >= 4 is 17.9 Å². The van der Waals surface area contributed by atoms with Crippen molar-refractivity contribution in [1.82, 2.24) is 6.15 Å². The third kappa shape index (κ3) is 16.9. The molecule has 0 heterocycles. The van der Waals surface area contributed by atoms with Gasteiger partial charge in [0.2, 0.25) is 0 Å². The third-order valence-electron chi connectivity index (χ3n) is 1.29. The molecule has 0 aliphatic carbocycles. The van der Waals surface area contributed by atoms with Crippen LogP contribution in [-0.4, -0.2) is 65.8 Å². The van der Waals surface area contributed by atoms with Crippen LogP contribution in [0.3, 0.4) is 0 Å².